The van der Waals surface area contributed by atoms with E-state index in [1.807, 2.05) is 11.8 Å². The predicted octanol–water partition coefficient (Wildman–Crippen LogP) is -0.883. The normalized spacial score (nSPS) is 20.6. The van der Waals surface area contributed by atoms with Crippen LogP contribution in [0.1, 0.15) is 26.7 Å². The highest BCUT2D eigenvalue weighted by Crippen LogP contribution is 2.19. The second-order valence-electron chi connectivity index (χ2n) is 6.18. The molecule has 4 amide bonds. The molecule has 0 aromatic rings. The summed E-state index contributed by atoms with van der Waals surface area (Å²) < 4.78 is 0. The molecule has 3 N–H and O–H groups in total. The van der Waals surface area contributed by atoms with Crippen LogP contribution < -0.4 is 16.0 Å². The highest BCUT2D eigenvalue weighted by Gasteiger charge is 2.30. The smallest absolute Gasteiger partial charge is 0.321 e. The fourth-order valence-corrected chi connectivity index (χ4v) is 2.60. The standard InChI is InChI=1S/C15H27N5O3/c1-3-16-15(23)18-13(21)10-19-6-8-20(9-7-19)11(2)14(22)17-12-4-5-12/h11-12H,3-10H2,1-2H3,(H,17,22)(H2,16,18,21,23). The molecule has 0 spiro atoms. The van der Waals surface area contributed by atoms with Gasteiger partial charge in [-0.2, -0.15) is 0 Å². The zero-order valence-corrected chi connectivity index (χ0v) is 13.9. The molecule has 2 fully saturated rings. The number of amides is 4. The average Bonchev–Trinajstić information content (AvgIpc) is 3.31. The minimum absolute atomic E-state index is 0.0925. The van der Waals surface area contributed by atoms with Gasteiger partial charge in [-0.3, -0.25) is 24.7 Å². The van der Waals surface area contributed by atoms with E-state index in [1.54, 1.807) is 6.92 Å². The number of rotatable bonds is 6. The number of nitrogens with zero attached hydrogens (tertiary/aromatic N) is 2. The topological polar surface area (TPSA) is 93.8 Å². The maximum atomic E-state index is 12.1. The zero-order valence-electron chi connectivity index (χ0n) is 13.9. The van der Waals surface area contributed by atoms with Gasteiger partial charge in [0, 0.05) is 38.8 Å². The first-order valence-electron chi connectivity index (χ1n) is 8.34. The molecule has 0 aromatic heterocycles. The molecule has 1 saturated carbocycles. The molecular weight excluding hydrogens is 298 g/mol. The van der Waals surface area contributed by atoms with Crippen molar-refractivity contribution in [2.45, 2.75) is 38.8 Å². The Kier molecular flexibility index (Phi) is 6.35. The van der Waals surface area contributed by atoms with E-state index in [2.05, 4.69) is 20.9 Å². The van der Waals surface area contributed by atoms with Gasteiger partial charge in [-0.15, -0.1) is 0 Å². The molecule has 8 nitrogen and oxygen atoms in total. The number of imide groups is 1. The van der Waals surface area contributed by atoms with Crippen LogP contribution in [0.2, 0.25) is 0 Å². The number of piperazine rings is 1. The first kappa shape index (κ1) is 17.7. The molecule has 1 heterocycles. The summed E-state index contributed by atoms with van der Waals surface area (Å²) in [6, 6.07) is -0.215. The summed E-state index contributed by atoms with van der Waals surface area (Å²) in [7, 11) is 0. The highest BCUT2D eigenvalue weighted by molar-refractivity contribution is 5.95. The lowest BCUT2D eigenvalue weighted by molar-refractivity contribution is -0.127. The van der Waals surface area contributed by atoms with E-state index in [0.717, 1.165) is 25.9 Å². The molecule has 8 heteroatoms. The molecule has 1 atom stereocenters. The van der Waals surface area contributed by atoms with E-state index in [0.29, 0.717) is 25.7 Å². The number of carbonyl (C=O) groups is 3. The van der Waals surface area contributed by atoms with Crippen LogP contribution in [0.25, 0.3) is 0 Å². The van der Waals surface area contributed by atoms with Crippen molar-refractivity contribution in [3.8, 4) is 0 Å². The van der Waals surface area contributed by atoms with Gasteiger partial charge in [0.2, 0.25) is 11.8 Å². The van der Waals surface area contributed by atoms with Crippen LogP contribution in [-0.2, 0) is 9.59 Å². The summed E-state index contributed by atoms with van der Waals surface area (Å²) >= 11 is 0. The summed E-state index contributed by atoms with van der Waals surface area (Å²) in [6.07, 6.45) is 2.18. The number of hydrogen-bond donors (Lipinski definition) is 3. The lowest BCUT2D eigenvalue weighted by atomic mass is 10.2. The van der Waals surface area contributed by atoms with Gasteiger partial charge in [-0.05, 0) is 26.7 Å². The molecule has 1 saturated heterocycles. The van der Waals surface area contributed by atoms with Gasteiger partial charge in [-0.25, -0.2) is 4.79 Å². The Hall–Kier alpha value is -1.67. The Morgan fingerprint density at radius 2 is 1.78 bits per heavy atom. The summed E-state index contributed by atoms with van der Waals surface area (Å²) in [5.41, 5.74) is 0. The SMILES string of the molecule is CCNC(=O)NC(=O)CN1CCN(C(C)C(=O)NC2CC2)CC1. The van der Waals surface area contributed by atoms with Gasteiger partial charge in [-0.1, -0.05) is 0 Å². The van der Waals surface area contributed by atoms with Crippen LogP contribution >= 0.6 is 0 Å². The van der Waals surface area contributed by atoms with Crippen molar-refractivity contribution in [2.24, 2.45) is 0 Å². The molecule has 0 bridgehead atoms. The summed E-state index contributed by atoms with van der Waals surface area (Å²) in [5, 5.41) is 7.85. The largest absolute Gasteiger partial charge is 0.352 e. The van der Waals surface area contributed by atoms with Gasteiger partial charge in [0.25, 0.3) is 0 Å². The Bertz CT molecular complexity index is 444. The molecule has 2 aliphatic rings. The van der Waals surface area contributed by atoms with Crippen molar-refractivity contribution in [1.29, 1.82) is 0 Å². The summed E-state index contributed by atoms with van der Waals surface area (Å²) in [6.45, 7) is 7.32. The maximum absolute atomic E-state index is 12.1. The quantitative estimate of drug-likeness (QED) is 0.589. The monoisotopic (exact) mass is 325 g/mol. The fourth-order valence-electron chi connectivity index (χ4n) is 2.60. The van der Waals surface area contributed by atoms with Gasteiger partial charge >= 0.3 is 6.03 Å². The van der Waals surface area contributed by atoms with Crippen LogP contribution in [0.3, 0.4) is 0 Å². The number of nitrogens with one attached hydrogen (secondary N) is 3. The minimum Gasteiger partial charge on any atom is -0.352 e. The maximum Gasteiger partial charge on any atom is 0.321 e. The fraction of sp³-hybridized carbons (Fsp3) is 0.800. The van der Waals surface area contributed by atoms with Crippen LogP contribution in [0.5, 0.6) is 0 Å². The summed E-state index contributed by atoms with van der Waals surface area (Å²) in [4.78, 5) is 39.2. The Labute approximate surface area is 136 Å². The van der Waals surface area contributed by atoms with Gasteiger partial charge in [0.05, 0.1) is 12.6 Å². The van der Waals surface area contributed by atoms with Crippen LogP contribution in [0.15, 0.2) is 0 Å². The van der Waals surface area contributed by atoms with Gasteiger partial charge in [0.15, 0.2) is 0 Å². The van der Waals surface area contributed by atoms with E-state index < -0.39 is 6.03 Å². The lowest BCUT2D eigenvalue weighted by Crippen LogP contribution is -2.55. The van der Waals surface area contributed by atoms with Crippen molar-refractivity contribution in [1.82, 2.24) is 25.8 Å². The van der Waals surface area contributed by atoms with E-state index >= 15 is 0 Å². The van der Waals surface area contributed by atoms with Crippen molar-refractivity contribution < 1.29 is 14.4 Å². The molecular formula is C15H27N5O3. The van der Waals surface area contributed by atoms with E-state index in [1.165, 1.54) is 0 Å². The first-order valence-corrected chi connectivity index (χ1v) is 8.34. The van der Waals surface area contributed by atoms with E-state index in [-0.39, 0.29) is 24.4 Å². The van der Waals surface area contributed by atoms with E-state index in [9.17, 15) is 14.4 Å². The summed E-state index contributed by atoms with van der Waals surface area (Å²) in [5.74, 6) is -0.209. The Morgan fingerprint density at radius 3 is 2.35 bits per heavy atom. The van der Waals surface area contributed by atoms with Crippen molar-refractivity contribution in [2.75, 3.05) is 39.3 Å². The third kappa shape index (κ3) is 5.80. The number of carbonyl (C=O) groups excluding carboxylic acids is 3. The van der Waals surface area contributed by atoms with Crippen LogP contribution in [0, 0.1) is 0 Å². The third-order valence-electron chi connectivity index (χ3n) is 4.22. The van der Waals surface area contributed by atoms with Crippen molar-refractivity contribution >= 4 is 17.8 Å². The van der Waals surface area contributed by atoms with Gasteiger partial charge < -0.3 is 10.6 Å². The number of urea groups is 1. The third-order valence-corrected chi connectivity index (χ3v) is 4.22. The lowest BCUT2D eigenvalue weighted by Gasteiger charge is -2.37. The average molecular weight is 325 g/mol. The molecule has 0 aromatic carbocycles. The molecule has 1 unspecified atom stereocenters. The van der Waals surface area contributed by atoms with Crippen LogP contribution in [0.4, 0.5) is 4.79 Å². The molecule has 0 radical (unpaired) electrons. The zero-order chi connectivity index (χ0) is 16.8. The second kappa shape index (κ2) is 8.26. The molecule has 23 heavy (non-hydrogen) atoms. The van der Waals surface area contributed by atoms with Gasteiger partial charge in [0.1, 0.15) is 0 Å². The minimum atomic E-state index is -0.457. The molecule has 2 rings (SSSR count). The predicted molar refractivity (Wildman–Crippen MR) is 85.9 cm³/mol. The Balaban J connectivity index is 1.67. The molecule has 130 valence electrons. The first-order chi connectivity index (χ1) is 11.0. The number of hydrogen-bond acceptors (Lipinski definition) is 5. The molecule has 1 aliphatic carbocycles. The van der Waals surface area contributed by atoms with Crippen molar-refractivity contribution in [3.63, 3.8) is 0 Å². The molecule has 1 aliphatic heterocycles. The van der Waals surface area contributed by atoms with E-state index in [4.69, 9.17) is 0 Å². The van der Waals surface area contributed by atoms with Crippen molar-refractivity contribution in [3.05, 3.63) is 0 Å². The highest BCUT2D eigenvalue weighted by atomic mass is 16.2. The Morgan fingerprint density at radius 1 is 1.13 bits per heavy atom. The van der Waals surface area contributed by atoms with Crippen LogP contribution in [-0.4, -0.2) is 79.0 Å². The second-order valence-corrected chi connectivity index (χ2v) is 6.18.